The SMILES string of the molecule is [2H]c1c([2H])c([2H])c(N(C(=O)CS(=O)(=O)[O-])C(C)C)c([2H])c1[2H].[Na+]. The maximum atomic E-state index is 12.0. The van der Waals surface area contributed by atoms with Gasteiger partial charge >= 0.3 is 29.6 Å². The zero-order chi connectivity index (χ0) is 17.4. The van der Waals surface area contributed by atoms with Gasteiger partial charge in [-0.15, -0.1) is 0 Å². The van der Waals surface area contributed by atoms with E-state index in [-0.39, 0.29) is 29.6 Å². The van der Waals surface area contributed by atoms with Crippen LogP contribution in [0.5, 0.6) is 0 Å². The van der Waals surface area contributed by atoms with E-state index >= 15 is 0 Å². The van der Waals surface area contributed by atoms with Crippen molar-refractivity contribution in [3.8, 4) is 0 Å². The van der Waals surface area contributed by atoms with Gasteiger partial charge in [0.1, 0.15) is 15.9 Å². The Bertz CT molecular complexity index is 697. The van der Waals surface area contributed by atoms with Gasteiger partial charge in [0.15, 0.2) is 0 Å². The first-order valence-electron chi connectivity index (χ1n) is 7.21. The fourth-order valence-corrected chi connectivity index (χ4v) is 1.70. The van der Waals surface area contributed by atoms with Crippen LogP contribution < -0.4 is 34.5 Å². The van der Waals surface area contributed by atoms with Crippen molar-refractivity contribution in [2.75, 3.05) is 10.7 Å². The number of amides is 1. The van der Waals surface area contributed by atoms with Gasteiger partial charge in [-0.25, -0.2) is 8.42 Å². The van der Waals surface area contributed by atoms with Crippen LogP contribution in [-0.2, 0) is 14.9 Å². The summed E-state index contributed by atoms with van der Waals surface area (Å²) in [7, 11) is -4.86. The van der Waals surface area contributed by atoms with E-state index in [1.807, 2.05) is 0 Å². The summed E-state index contributed by atoms with van der Waals surface area (Å²) in [5, 5.41) is 0. The van der Waals surface area contributed by atoms with Gasteiger partial charge in [-0.3, -0.25) is 4.79 Å². The van der Waals surface area contributed by atoms with Crippen LogP contribution in [0.4, 0.5) is 5.69 Å². The number of carbonyl (C=O) groups excluding carboxylic acids is 1. The molecule has 1 amide bonds. The van der Waals surface area contributed by atoms with Crippen molar-refractivity contribution in [2.24, 2.45) is 0 Å². The third-order valence-corrected chi connectivity index (χ3v) is 2.41. The second-order valence-electron chi connectivity index (χ2n) is 3.53. The maximum Gasteiger partial charge on any atom is 1.00 e. The van der Waals surface area contributed by atoms with E-state index in [4.69, 9.17) is 6.85 Å². The Labute approximate surface area is 136 Å². The van der Waals surface area contributed by atoms with Gasteiger partial charge in [0.05, 0.1) is 6.85 Å². The average Bonchev–Trinajstić information content (AvgIpc) is 2.36. The zero-order valence-electron chi connectivity index (χ0n) is 15.3. The van der Waals surface area contributed by atoms with Crippen LogP contribution in [0, 0.1) is 0 Å². The number of benzene rings is 1. The summed E-state index contributed by atoms with van der Waals surface area (Å²) in [6, 6.07) is -3.93. The molecule has 1 aromatic rings. The molecule has 0 N–H and O–H groups in total. The minimum absolute atomic E-state index is 0. The van der Waals surface area contributed by atoms with E-state index in [9.17, 15) is 17.8 Å². The van der Waals surface area contributed by atoms with Crippen molar-refractivity contribution < 1.29 is 54.2 Å². The van der Waals surface area contributed by atoms with Crippen LogP contribution in [0.2, 0.25) is 0 Å². The van der Waals surface area contributed by atoms with Crippen molar-refractivity contribution in [2.45, 2.75) is 19.9 Å². The van der Waals surface area contributed by atoms with E-state index in [0.29, 0.717) is 0 Å². The molecule has 0 saturated carbocycles. The van der Waals surface area contributed by atoms with Gasteiger partial charge in [0, 0.05) is 11.7 Å². The number of para-hydroxylation sites is 1. The normalized spacial score (nSPS) is 14.8. The number of carbonyl (C=O) groups is 1. The number of nitrogens with zero attached hydrogens (tertiary/aromatic N) is 1. The molecule has 0 saturated heterocycles. The number of hydrogen-bond acceptors (Lipinski definition) is 4. The first-order valence-corrected chi connectivity index (χ1v) is 6.28. The monoisotopic (exact) mass is 284 g/mol. The molecule has 0 heterocycles. The molecular formula is C11H14NNaO4S. The van der Waals surface area contributed by atoms with Gasteiger partial charge in [-0.2, -0.15) is 0 Å². The summed E-state index contributed by atoms with van der Waals surface area (Å²) in [5.41, 5.74) is -0.449. The Kier molecular flexibility index (Phi) is 4.19. The van der Waals surface area contributed by atoms with Crippen molar-refractivity contribution in [1.82, 2.24) is 0 Å². The van der Waals surface area contributed by atoms with E-state index in [1.54, 1.807) is 0 Å². The Morgan fingerprint density at radius 1 is 1.39 bits per heavy atom. The molecule has 1 rings (SSSR count). The second-order valence-corrected chi connectivity index (χ2v) is 4.94. The Morgan fingerprint density at radius 2 is 1.89 bits per heavy atom. The molecule has 5 nitrogen and oxygen atoms in total. The average molecular weight is 284 g/mol. The van der Waals surface area contributed by atoms with Crippen LogP contribution in [-0.4, -0.2) is 30.7 Å². The first kappa shape index (κ1) is 10.4. The molecule has 7 heteroatoms. The standard InChI is InChI=1S/C11H15NO4S.Na/c1-9(2)12(10-6-4-3-5-7-10)11(13)8-17(14,15)16;/h3-7,9H,8H2,1-2H3,(H,14,15,16);/q;+1/p-1/i3D,4D,5D,6D,7D;. The molecule has 0 aliphatic heterocycles. The minimum Gasteiger partial charge on any atom is -0.748 e. The molecule has 0 radical (unpaired) electrons. The van der Waals surface area contributed by atoms with E-state index in [0.717, 1.165) is 4.90 Å². The molecule has 1 aromatic carbocycles. The fourth-order valence-electron chi connectivity index (χ4n) is 1.26. The topological polar surface area (TPSA) is 77.5 Å². The second kappa shape index (κ2) is 7.25. The molecule has 0 atom stereocenters. The molecule has 0 bridgehead atoms. The van der Waals surface area contributed by atoms with Crippen molar-refractivity contribution in [3.05, 3.63) is 30.2 Å². The van der Waals surface area contributed by atoms with Gasteiger partial charge in [0.25, 0.3) is 0 Å². The molecule has 0 spiro atoms. The minimum atomic E-state index is -4.86. The van der Waals surface area contributed by atoms with E-state index in [2.05, 4.69) is 0 Å². The number of rotatable bonds is 4. The third kappa shape index (κ3) is 5.49. The molecule has 0 unspecified atom stereocenters. The largest absolute Gasteiger partial charge is 1.00 e. The maximum absolute atomic E-state index is 12.0. The van der Waals surface area contributed by atoms with Gasteiger partial charge in [0.2, 0.25) is 5.91 Å². The molecule has 0 aromatic heterocycles. The Hall–Kier alpha value is -0.400. The summed E-state index contributed by atoms with van der Waals surface area (Å²) in [6.45, 7) is 2.94. The Balaban J connectivity index is 0.00000484. The van der Waals surface area contributed by atoms with Crippen LogP contribution in [0.3, 0.4) is 0 Å². The van der Waals surface area contributed by atoms with Crippen molar-refractivity contribution >= 4 is 21.7 Å². The Morgan fingerprint density at radius 3 is 2.28 bits per heavy atom. The summed E-state index contributed by atoms with van der Waals surface area (Å²) in [5.74, 6) is -2.50. The molecule has 0 aliphatic rings. The zero-order valence-corrected chi connectivity index (χ0v) is 13.1. The molecule has 0 aliphatic carbocycles. The van der Waals surface area contributed by atoms with E-state index in [1.165, 1.54) is 13.8 Å². The van der Waals surface area contributed by atoms with Crippen LogP contribution in [0.1, 0.15) is 20.7 Å². The van der Waals surface area contributed by atoms with Crippen LogP contribution in [0.15, 0.2) is 30.2 Å². The van der Waals surface area contributed by atoms with Crippen molar-refractivity contribution in [1.29, 1.82) is 0 Å². The van der Waals surface area contributed by atoms with Gasteiger partial charge < -0.3 is 9.45 Å². The molecule has 18 heavy (non-hydrogen) atoms. The quantitative estimate of drug-likeness (QED) is 0.472. The van der Waals surface area contributed by atoms with Gasteiger partial charge in [-0.05, 0) is 25.9 Å². The van der Waals surface area contributed by atoms with E-state index < -0.39 is 63.7 Å². The summed E-state index contributed by atoms with van der Waals surface area (Å²) in [4.78, 5) is 12.8. The molecule has 94 valence electrons. The molecule has 0 fully saturated rings. The molecular weight excluding hydrogens is 265 g/mol. The number of anilines is 1. The predicted molar refractivity (Wildman–Crippen MR) is 63.6 cm³/mol. The van der Waals surface area contributed by atoms with Crippen LogP contribution in [0.25, 0.3) is 0 Å². The third-order valence-electron chi connectivity index (χ3n) is 1.81. The summed E-state index contributed by atoms with van der Waals surface area (Å²) in [6.07, 6.45) is 0. The fraction of sp³-hybridized carbons (Fsp3) is 0.364. The number of hydrogen-bond donors (Lipinski definition) is 0. The summed E-state index contributed by atoms with van der Waals surface area (Å²) >= 11 is 0. The first-order chi connectivity index (χ1) is 9.88. The van der Waals surface area contributed by atoms with Gasteiger partial charge in [-0.1, -0.05) is 18.1 Å². The smallest absolute Gasteiger partial charge is 0.748 e. The van der Waals surface area contributed by atoms with Crippen LogP contribution >= 0.6 is 0 Å². The van der Waals surface area contributed by atoms with Crippen molar-refractivity contribution in [3.63, 3.8) is 0 Å². The summed E-state index contributed by atoms with van der Waals surface area (Å²) < 4.78 is 70.5. The predicted octanol–water partition coefficient (Wildman–Crippen LogP) is -2.02.